The van der Waals surface area contributed by atoms with Gasteiger partial charge < -0.3 is 9.12 Å². The Balaban J connectivity index is 1.77. The summed E-state index contributed by atoms with van der Waals surface area (Å²) >= 11 is -1.91. The Morgan fingerprint density at radius 2 is 1.84 bits per heavy atom. The van der Waals surface area contributed by atoms with Gasteiger partial charge in [0, 0.05) is 36.0 Å². The summed E-state index contributed by atoms with van der Waals surface area (Å²) in [4.78, 5) is 17.7. The number of aromatic nitrogens is 1. The highest BCUT2D eigenvalue weighted by atomic mass is 32.2. The molecule has 0 bridgehead atoms. The number of pyridine rings is 1. The second-order valence-corrected chi connectivity index (χ2v) is 10.1. The van der Waals surface area contributed by atoms with Crippen LogP contribution in [0.2, 0.25) is 0 Å². The number of hydrogen-bond acceptors (Lipinski definition) is 3. The lowest BCUT2D eigenvalue weighted by Crippen LogP contribution is -2.19. The normalized spacial score (nSPS) is 17.7. The van der Waals surface area contributed by atoms with E-state index in [1.807, 2.05) is 24.4 Å². The van der Waals surface area contributed by atoms with Crippen molar-refractivity contribution in [2.24, 2.45) is 12.0 Å². The minimum absolute atomic E-state index is 0.0857. The van der Waals surface area contributed by atoms with E-state index in [4.69, 9.17) is 4.99 Å². The molecule has 0 radical (unpaired) electrons. The van der Waals surface area contributed by atoms with Crippen molar-refractivity contribution in [2.45, 2.75) is 37.0 Å². The molecule has 2 unspecified atom stereocenters. The number of nitrogens with zero attached hydrogens (tertiary/aromatic N) is 2. The molecule has 2 heterocycles. The predicted octanol–water partition coefficient (Wildman–Crippen LogP) is 4.18. The largest absolute Gasteiger partial charge is 0.318 e. The fraction of sp³-hybridized carbons (Fsp3) is 0.280. The first-order valence-corrected chi connectivity index (χ1v) is 11.7. The summed E-state index contributed by atoms with van der Waals surface area (Å²) in [6.45, 7) is 1.74. The molecule has 1 aliphatic carbocycles. The number of fused-ring (bicyclic) bond motifs is 4. The number of rotatable bonds is 4. The van der Waals surface area contributed by atoms with E-state index < -0.39 is 21.9 Å². The molecule has 0 saturated heterocycles. The van der Waals surface area contributed by atoms with E-state index in [1.54, 1.807) is 36.7 Å². The van der Waals surface area contributed by atoms with E-state index in [0.717, 1.165) is 51.9 Å². The lowest BCUT2D eigenvalue weighted by molar-refractivity contribution is 0.550. The van der Waals surface area contributed by atoms with Crippen molar-refractivity contribution in [1.29, 1.82) is 0 Å². The molecular formula is C25H23FN2O3S. The Kier molecular flexibility index (Phi) is 4.98. The highest BCUT2D eigenvalue weighted by Gasteiger charge is 2.48. The third-order valence-electron chi connectivity index (χ3n) is 6.39. The van der Waals surface area contributed by atoms with Gasteiger partial charge in [0.2, 0.25) is 0 Å². The van der Waals surface area contributed by atoms with Gasteiger partial charge in [-0.1, -0.05) is 18.2 Å². The molecule has 2 aliphatic rings. The number of halogens is 1. The van der Waals surface area contributed by atoms with E-state index in [9.17, 15) is 17.9 Å². The summed E-state index contributed by atoms with van der Waals surface area (Å²) < 4.78 is 36.2. The SMILES string of the molecule is CC(Cc1ccc2c(c1)-c1cn(C)c(=O)cc1C1(CC1)N=C2c1ccc(F)cc1)S(=O)O. The maximum Gasteiger partial charge on any atom is 0.250 e. The van der Waals surface area contributed by atoms with Crippen LogP contribution in [0.4, 0.5) is 4.39 Å². The molecule has 3 aromatic rings. The second-order valence-electron chi connectivity index (χ2n) is 8.72. The molecule has 1 aliphatic heterocycles. The van der Waals surface area contributed by atoms with E-state index in [2.05, 4.69) is 0 Å². The number of aliphatic imine (C=N–C) groups is 1. The van der Waals surface area contributed by atoms with Gasteiger partial charge >= 0.3 is 0 Å². The highest BCUT2D eigenvalue weighted by molar-refractivity contribution is 7.79. The summed E-state index contributed by atoms with van der Waals surface area (Å²) in [5, 5.41) is -0.404. The van der Waals surface area contributed by atoms with Crippen molar-refractivity contribution in [3.63, 3.8) is 0 Å². The third kappa shape index (κ3) is 3.55. The fourth-order valence-electron chi connectivity index (χ4n) is 4.44. The van der Waals surface area contributed by atoms with Crippen LogP contribution in [0.15, 0.2) is 64.5 Å². The van der Waals surface area contributed by atoms with Crippen LogP contribution in [0.3, 0.4) is 0 Å². The molecule has 5 rings (SSSR count). The fourth-order valence-corrected chi connectivity index (χ4v) is 4.78. The van der Waals surface area contributed by atoms with E-state index >= 15 is 0 Å². The van der Waals surface area contributed by atoms with Crippen molar-refractivity contribution in [3.8, 4) is 11.1 Å². The monoisotopic (exact) mass is 450 g/mol. The third-order valence-corrected chi connectivity index (χ3v) is 7.25. The van der Waals surface area contributed by atoms with Crippen LogP contribution in [0.1, 0.15) is 42.0 Å². The van der Waals surface area contributed by atoms with Gasteiger partial charge in [-0.25, -0.2) is 8.60 Å². The van der Waals surface area contributed by atoms with Gasteiger partial charge in [0.15, 0.2) is 11.1 Å². The average molecular weight is 451 g/mol. The Morgan fingerprint density at radius 3 is 2.50 bits per heavy atom. The molecule has 1 fully saturated rings. The van der Waals surface area contributed by atoms with Gasteiger partial charge in [-0.3, -0.25) is 9.79 Å². The number of aryl methyl sites for hydroxylation is 1. The van der Waals surface area contributed by atoms with E-state index in [1.165, 1.54) is 12.1 Å². The standard InChI is InChI=1S/C25H23FN2O3S/c1-15(32(30)31)11-16-3-8-19-20(12-16)21-14-28(2)23(29)13-22(21)25(9-10-25)27-24(19)17-4-6-18(26)7-5-17/h3-8,12-15H,9-11H2,1-2H3,(H,30,31). The average Bonchev–Trinajstić information content (AvgIpc) is 3.56. The van der Waals surface area contributed by atoms with Crippen molar-refractivity contribution >= 4 is 16.8 Å². The Hall–Kier alpha value is -2.90. The molecule has 1 spiro atoms. The maximum absolute atomic E-state index is 13.6. The molecule has 1 N–H and O–H groups in total. The minimum atomic E-state index is -1.91. The van der Waals surface area contributed by atoms with Crippen LogP contribution in [-0.4, -0.2) is 24.3 Å². The van der Waals surface area contributed by atoms with Crippen molar-refractivity contribution < 1.29 is 13.2 Å². The Bertz CT molecular complexity index is 1340. The number of benzene rings is 2. The van der Waals surface area contributed by atoms with Crippen LogP contribution >= 0.6 is 0 Å². The molecule has 164 valence electrons. The van der Waals surface area contributed by atoms with Crippen LogP contribution in [0.5, 0.6) is 0 Å². The molecule has 2 atom stereocenters. The summed E-state index contributed by atoms with van der Waals surface area (Å²) in [5.74, 6) is -0.308. The zero-order chi connectivity index (χ0) is 22.6. The lowest BCUT2D eigenvalue weighted by atomic mass is 9.89. The molecule has 1 aromatic heterocycles. The summed E-state index contributed by atoms with van der Waals surface area (Å²) in [5.41, 5.74) is 5.67. The van der Waals surface area contributed by atoms with Crippen LogP contribution < -0.4 is 5.56 Å². The van der Waals surface area contributed by atoms with E-state index in [0.29, 0.717) is 6.42 Å². The lowest BCUT2D eigenvalue weighted by Gasteiger charge is -2.16. The molecule has 0 amide bonds. The first-order valence-electron chi connectivity index (χ1n) is 10.6. The first kappa shape index (κ1) is 21.0. The summed E-state index contributed by atoms with van der Waals surface area (Å²) in [6, 6.07) is 14.0. The second kappa shape index (κ2) is 7.60. The van der Waals surface area contributed by atoms with Crippen molar-refractivity contribution in [2.75, 3.05) is 0 Å². The van der Waals surface area contributed by atoms with Crippen LogP contribution in [-0.2, 0) is 30.1 Å². The minimum Gasteiger partial charge on any atom is -0.318 e. The Morgan fingerprint density at radius 1 is 1.12 bits per heavy atom. The molecule has 5 nitrogen and oxygen atoms in total. The topological polar surface area (TPSA) is 71.7 Å². The summed E-state index contributed by atoms with van der Waals surface area (Å²) in [6.07, 6.45) is 4.00. The smallest absolute Gasteiger partial charge is 0.250 e. The van der Waals surface area contributed by atoms with Crippen molar-refractivity contribution in [3.05, 3.63) is 93.2 Å². The molecule has 2 aromatic carbocycles. The molecular weight excluding hydrogens is 427 g/mol. The van der Waals surface area contributed by atoms with Gasteiger partial charge in [-0.2, -0.15) is 0 Å². The quantitative estimate of drug-likeness (QED) is 0.606. The molecule has 7 heteroatoms. The molecule has 1 saturated carbocycles. The first-order chi connectivity index (χ1) is 15.3. The van der Waals surface area contributed by atoms with Crippen LogP contribution in [0.25, 0.3) is 11.1 Å². The Labute approximate surface area is 187 Å². The van der Waals surface area contributed by atoms with E-state index in [-0.39, 0.29) is 11.4 Å². The van der Waals surface area contributed by atoms with Crippen LogP contribution in [0, 0.1) is 5.82 Å². The van der Waals surface area contributed by atoms with Gasteiger partial charge in [-0.05, 0) is 67.1 Å². The zero-order valence-corrected chi connectivity index (χ0v) is 18.7. The maximum atomic E-state index is 13.6. The van der Waals surface area contributed by atoms with Gasteiger partial charge in [0.25, 0.3) is 5.56 Å². The summed E-state index contributed by atoms with van der Waals surface area (Å²) in [7, 11) is 1.73. The zero-order valence-electron chi connectivity index (χ0n) is 17.8. The number of hydrogen-bond donors (Lipinski definition) is 1. The molecule has 32 heavy (non-hydrogen) atoms. The van der Waals surface area contributed by atoms with Crippen molar-refractivity contribution in [1.82, 2.24) is 4.57 Å². The van der Waals surface area contributed by atoms with Gasteiger partial charge in [0.05, 0.1) is 16.5 Å². The predicted molar refractivity (Wildman–Crippen MR) is 124 cm³/mol. The highest BCUT2D eigenvalue weighted by Crippen LogP contribution is 2.54. The van der Waals surface area contributed by atoms with Gasteiger partial charge in [-0.15, -0.1) is 0 Å². The van der Waals surface area contributed by atoms with Gasteiger partial charge in [0.1, 0.15) is 5.82 Å².